The minimum atomic E-state index is -3.00. The monoisotopic (exact) mass is 398 g/mol. The summed E-state index contributed by atoms with van der Waals surface area (Å²) in [5.74, 6) is -0.181. The molecule has 0 bridgehead atoms. The van der Waals surface area contributed by atoms with Crippen molar-refractivity contribution >= 4 is 21.5 Å². The lowest BCUT2D eigenvalue weighted by molar-refractivity contribution is -0.135. The molecule has 0 N–H and O–H groups in total. The lowest BCUT2D eigenvalue weighted by Crippen LogP contribution is -2.39. The lowest BCUT2D eigenvalue weighted by Gasteiger charge is -2.29. The van der Waals surface area contributed by atoms with Crippen LogP contribution in [0, 0.1) is 5.92 Å². The van der Waals surface area contributed by atoms with E-state index in [2.05, 4.69) is 23.3 Å². The first-order chi connectivity index (χ1) is 12.5. The van der Waals surface area contributed by atoms with Crippen LogP contribution >= 0.6 is 0 Å². The quantitative estimate of drug-likeness (QED) is 0.731. The number of carbonyl (C=O) groups excluding carboxylic acids is 2. The van der Waals surface area contributed by atoms with Gasteiger partial charge in [0.2, 0.25) is 5.91 Å². The zero-order valence-electron chi connectivity index (χ0n) is 17.0. The molecule has 0 aliphatic carbocycles. The van der Waals surface area contributed by atoms with Crippen molar-refractivity contribution in [2.24, 2.45) is 10.3 Å². The van der Waals surface area contributed by atoms with Gasteiger partial charge in [0.25, 0.3) is 5.91 Å². The van der Waals surface area contributed by atoms with E-state index in [1.807, 2.05) is 0 Å². The van der Waals surface area contributed by atoms with Gasteiger partial charge in [-0.15, -0.1) is 0 Å². The maximum Gasteiger partial charge on any atom is 0.285 e. The summed E-state index contributed by atoms with van der Waals surface area (Å²) >= 11 is 0. The molecule has 0 saturated carbocycles. The maximum absolute atomic E-state index is 13.2. The van der Waals surface area contributed by atoms with E-state index in [0.29, 0.717) is 42.6 Å². The summed E-state index contributed by atoms with van der Waals surface area (Å²) in [6, 6.07) is 0. The third-order valence-corrected chi connectivity index (χ3v) is 6.77. The zero-order chi connectivity index (χ0) is 20.4. The lowest BCUT2D eigenvalue weighted by atomic mass is 10.0. The Balaban J connectivity index is 2.31. The molecule has 8 nitrogen and oxygen atoms in total. The SMILES string of the molecule is CCC(C)CC(=O)N1CCn2ncc(S(C)(=O)=NC(=O)C(C)(C)OC)c2C1. The fourth-order valence-corrected chi connectivity index (χ4v) is 4.21. The maximum atomic E-state index is 13.2. The van der Waals surface area contributed by atoms with Crippen molar-refractivity contribution in [2.75, 3.05) is 19.9 Å². The van der Waals surface area contributed by atoms with Gasteiger partial charge in [-0.25, -0.2) is 4.21 Å². The minimum Gasteiger partial charge on any atom is -0.369 e. The van der Waals surface area contributed by atoms with E-state index in [1.54, 1.807) is 23.4 Å². The number of aromatic nitrogens is 2. The van der Waals surface area contributed by atoms with E-state index in [-0.39, 0.29) is 5.91 Å². The smallest absolute Gasteiger partial charge is 0.285 e. The highest BCUT2D eigenvalue weighted by Gasteiger charge is 2.31. The highest BCUT2D eigenvalue weighted by molar-refractivity contribution is 7.93. The molecule has 152 valence electrons. The molecule has 0 fully saturated rings. The van der Waals surface area contributed by atoms with Gasteiger partial charge in [0.05, 0.1) is 39.6 Å². The van der Waals surface area contributed by atoms with Crippen LogP contribution < -0.4 is 0 Å². The molecule has 1 aromatic rings. The second-order valence-corrected chi connectivity index (χ2v) is 9.85. The van der Waals surface area contributed by atoms with E-state index < -0.39 is 21.2 Å². The summed E-state index contributed by atoms with van der Waals surface area (Å²) in [6.07, 6.45) is 4.36. The van der Waals surface area contributed by atoms with Crippen LogP contribution in [0.5, 0.6) is 0 Å². The summed E-state index contributed by atoms with van der Waals surface area (Å²) in [5, 5.41) is 4.28. The van der Waals surface area contributed by atoms with E-state index in [9.17, 15) is 13.8 Å². The molecule has 0 saturated heterocycles. The Kier molecular flexibility index (Phi) is 6.47. The summed E-state index contributed by atoms with van der Waals surface area (Å²) in [6.45, 7) is 8.71. The first kappa shape index (κ1) is 21.6. The van der Waals surface area contributed by atoms with Gasteiger partial charge in [0, 0.05) is 26.3 Å². The van der Waals surface area contributed by atoms with Gasteiger partial charge in [0.1, 0.15) is 5.60 Å². The van der Waals surface area contributed by atoms with Crippen molar-refractivity contribution in [1.82, 2.24) is 14.7 Å². The normalized spacial score (nSPS) is 17.8. The van der Waals surface area contributed by atoms with Gasteiger partial charge in [-0.2, -0.15) is 9.46 Å². The number of hydrogen-bond acceptors (Lipinski definition) is 5. The van der Waals surface area contributed by atoms with Crippen LogP contribution in [0.1, 0.15) is 46.2 Å². The molecular formula is C18H30N4O4S. The second kappa shape index (κ2) is 8.10. The molecule has 0 radical (unpaired) electrons. The minimum absolute atomic E-state index is 0.0823. The van der Waals surface area contributed by atoms with E-state index >= 15 is 0 Å². The van der Waals surface area contributed by atoms with Crippen LogP contribution in [0.15, 0.2) is 15.5 Å². The number of amides is 2. The fraction of sp³-hybridized carbons (Fsp3) is 0.722. The zero-order valence-corrected chi connectivity index (χ0v) is 17.8. The molecular weight excluding hydrogens is 368 g/mol. The first-order valence-electron chi connectivity index (χ1n) is 9.16. The molecule has 1 aromatic heterocycles. The van der Waals surface area contributed by atoms with Crippen molar-refractivity contribution in [2.45, 2.75) is 64.1 Å². The Morgan fingerprint density at radius 3 is 2.67 bits per heavy atom. The summed E-state index contributed by atoms with van der Waals surface area (Å²) < 4.78 is 24.0. The fourth-order valence-electron chi connectivity index (χ4n) is 2.73. The molecule has 9 heteroatoms. The van der Waals surface area contributed by atoms with Crippen LogP contribution in [0.4, 0.5) is 0 Å². The largest absolute Gasteiger partial charge is 0.369 e. The predicted octanol–water partition coefficient (Wildman–Crippen LogP) is 2.07. The molecule has 2 amide bonds. The molecule has 2 atom stereocenters. The Hall–Kier alpha value is -1.74. The topological polar surface area (TPSA) is 93.9 Å². The van der Waals surface area contributed by atoms with Gasteiger partial charge in [-0.1, -0.05) is 20.3 Å². The van der Waals surface area contributed by atoms with Crippen molar-refractivity contribution in [3.63, 3.8) is 0 Å². The first-order valence-corrected chi connectivity index (χ1v) is 11.1. The molecule has 2 rings (SSSR count). The third-order valence-electron chi connectivity index (χ3n) is 5.10. The van der Waals surface area contributed by atoms with E-state index in [0.717, 1.165) is 6.42 Å². The number of carbonyl (C=O) groups is 2. The van der Waals surface area contributed by atoms with Crippen LogP contribution in [-0.2, 0) is 37.1 Å². The Bertz CT molecular complexity index is 836. The van der Waals surface area contributed by atoms with E-state index in [4.69, 9.17) is 4.74 Å². The molecule has 0 aromatic carbocycles. The molecule has 27 heavy (non-hydrogen) atoms. The third kappa shape index (κ3) is 4.76. The average Bonchev–Trinajstić information content (AvgIpc) is 3.05. The molecule has 2 heterocycles. The Labute approximate surface area is 161 Å². The number of rotatable bonds is 6. The summed E-state index contributed by atoms with van der Waals surface area (Å²) in [4.78, 5) is 27.1. The van der Waals surface area contributed by atoms with Gasteiger partial charge in [-0.3, -0.25) is 14.3 Å². The van der Waals surface area contributed by atoms with Crippen LogP contribution in [0.3, 0.4) is 0 Å². The van der Waals surface area contributed by atoms with Gasteiger partial charge in [-0.05, 0) is 19.8 Å². The number of hydrogen-bond donors (Lipinski definition) is 0. The molecule has 1 aliphatic rings. The standard InChI is InChI=1S/C18H30N4O4S/c1-7-13(2)10-16(23)21-8-9-22-14(12-21)15(11-19-22)27(6,25)20-17(24)18(3,4)26-5/h11,13H,7-10,12H2,1-6H3. The number of methoxy groups -OCH3 is 1. The summed E-state index contributed by atoms with van der Waals surface area (Å²) in [5.41, 5.74) is -0.470. The highest BCUT2D eigenvalue weighted by Crippen LogP contribution is 2.24. The summed E-state index contributed by atoms with van der Waals surface area (Å²) in [7, 11) is -1.59. The number of nitrogens with zero attached hydrogens (tertiary/aromatic N) is 4. The van der Waals surface area contributed by atoms with Gasteiger partial charge in [0.15, 0.2) is 0 Å². The average molecular weight is 399 g/mol. The van der Waals surface area contributed by atoms with Crippen molar-refractivity contribution in [3.8, 4) is 0 Å². The highest BCUT2D eigenvalue weighted by atomic mass is 32.2. The van der Waals surface area contributed by atoms with Crippen molar-refractivity contribution in [1.29, 1.82) is 0 Å². The van der Waals surface area contributed by atoms with Gasteiger partial charge < -0.3 is 9.64 Å². The molecule has 1 aliphatic heterocycles. The van der Waals surface area contributed by atoms with Crippen LogP contribution in [0.2, 0.25) is 0 Å². The van der Waals surface area contributed by atoms with Crippen molar-refractivity contribution in [3.05, 3.63) is 11.9 Å². The number of fused-ring (bicyclic) bond motifs is 1. The number of ether oxygens (including phenoxy) is 1. The molecule has 0 spiro atoms. The second-order valence-electron chi connectivity index (χ2n) is 7.62. The van der Waals surface area contributed by atoms with Crippen LogP contribution in [0.25, 0.3) is 0 Å². The Morgan fingerprint density at radius 2 is 2.07 bits per heavy atom. The Morgan fingerprint density at radius 1 is 1.41 bits per heavy atom. The molecule has 2 unspecified atom stereocenters. The van der Waals surface area contributed by atoms with E-state index in [1.165, 1.54) is 19.6 Å². The van der Waals surface area contributed by atoms with Crippen LogP contribution in [-0.4, -0.2) is 56.2 Å². The van der Waals surface area contributed by atoms with Gasteiger partial charge >= 0.3 is 0 Å². The van der Waals surface area contributed by atoms with Crippen molar-refractivity contribution < 1.29 is 18.5 Å². The predicted molar refractivity (Wildman–Crippen MR) is 103 cm³/mol.